The summed E-state index contributed by atoms with van der Waals surface area (Å²) in [5.74, 6) is 2.31. The first-order valence-electron chi connectivity index (χ1n) is 7.21. The van der Waals surface area contributed by atoms with Gasteiger partial charge >= 0.3 is 0 Å². The highest BCUT2D eigenvalue weighted by Crippen LogP contribution is 2.25. The van der Waals surface area contributed by atoms with Gasteiger partial charge in [-0.1, -0.05) is 6.92 Å². The van der Waals surface area contributed by atoms with Gasteiger partial charge in [-0.2, -0.15) is 11.8 Å². The van der Waals surface area contributed by atoms with Crippen LogP contribution in [0.5, 0.6) is 0 Å². The van der Waals surface area contributed by atoms with Crippen LogP contribution in [0.1, 0.15) is 18.9 Å². The quantitative estimate of drug-likeness (QED) is 0.798. The summed E-state index contributed by atoms with van der Waals surface area (Å²) in [6.45, 7) is 4.62. The van der Waals surface area contributed by atoms with E-state index in [0.717, 1.165) is 43.2 Å². The molecule has 0 aromatic carbocycles. The normalized spacial score (nSPS) is 19.7. The summed E-state index contributed by atoms with van der Waals surface area (Å²) in [6, 6.07) is 3.97. The van der Waals surface area contributed by atoms with Crippen LogP contribution in [0, 0.1) is 0 Å². The average molecular weight is 329 g/mol. The predicted octanol–water partition coefficient (Wildman–Crippen LogP) is 1.51. The van der Waals surface area contributed by atoms with E-state index in [-0.39, 0.29) is 0 Å². The van der Waals surface area contributed by atoms with Crippen molar-refractivity contribution in [1.29, 1.82) is 0 Å². The van der Waals surface area contributed by atoms with Gasteiger partial charge in [0.2, 0.25) is 0 Å². The van der Waals surface area contributed by atoms with E-state index in [1.54, 1.807) is 18.0 Å². The van der Waals surface area contributed by atoms with Crippen LogP contribution in [-0.2, 0) is 16.4 Å². The van der Waals surface area contributed by atoms with Crippen molar-refractivity contribution >= 4 is 27.4 Å². The molecule has 1 unspecified atom stereocenters. The number of pyridine rings is 1. The molecule has 0 bridgehead atoms. The number of rotatable bonds is 6. The Balaban J connectivity index is 2.17. The second-order valence-corrected chi connectivity index (χ2v) is 8.60. The van der Waals surface area contributed by atoms with Gasteiger partial charge in [0.1, 0.15) is 11.2 Å². The van der Waals surface area contributed by atoms with Crippen molar-refractivity contribution in [1.82, 2.24) is 10.3 Å². The first kappa shape index (κ1) is 16.6. The molecule has 7 heteroatoms. The lowest BCUT2D eigenvalue weighted by atomic mass is 10.2. The largest absolute Gasteiger partial charge is 0.338 e. The first-order chi connectivity index (χ1) is 10.0. The van der Waals surface area contributed by atoms with E-state index in [2.05, 4.69) is 17.2 Å². The number of anilines is 1. The van der Waals surface area contributed by atoms with E-state index in [1.165, 1.54) is 6.26 Å². The van der Waals surface area contributed by atoms with Crippen LogP contribution in [-0.4, -0.2) is 49.6 Å². The molecular weight excluding hydrogens is 306 g/mol. The Labute approximate surface area is 131 Å². The lowest BCUT2D eigenvalue weighted by Crippen LogP contribution is -2.47. The highest BCUT2D eigenvalue weighted by Gasteiger charge is 2.31. The lowest BCUT2D eigenvalue weighted by Gasteiger charge is -2.35. The third kappa shape index (κ3) is 4.59. The van der Waals surface area contributed by atoms with Gasteiger partial charge in [-0.3, -0.25) is 0 Å². The second kappa shape index (κ2) is 7.47. The minimum Gasteiger partial charge on any atom is -0.338 e. The Hall–Kier alpha value is -0.790. The molecule has 1 aromatic rings. The second-order valence-electron chi connectivity index (χ2n) is 5.25. The third-order valence-corrected chi connectivity index (χ3v) is 6.08. The highest BCUT2D eigenvalue weighted by molar-refractivity contribution is 8.01. The standard InChI is InChI=1S/C14H23N3O2S2/c1-3-5-15-10-12-4-6-16-13(9-12)17-7-8-20-11-14(17)21(2,18)19/h4,6,9,14-15H,3,5,7-8,10-11H2,1-2H3. The van der Waals surface area contributed by atoms with E-state index in [4.69, 9.17) is 0 Å². The molecule has 1 atom stereocenters. The van der Waals surface area contributed by atoms with Gasteiger partial charge in [0.05, 0.1) is 0 Å². The van der Waals surface area contributed by atoms with Crippen LogP contribution in [0.15, 0.2) is 18.3 Å². The highest BCUT2D eigenvalue weighted by atomic mass is 32.2. The topological polar surface area (TPSA) is 62.3 Å². The molecule has 1 saturated heterocycles. The average Bonchev–Trinajstić information content (AvgIpc) is 2.47. The minimum absolute atomic E-state index is 0.470. The molecule has 1 N–H and O–H groups in total. The summed E-state index contributed by atoms with van der Waals surface area (Å²) in [6.07, 6.45) is 4.17. The van der Waals surface area contributed by atoms with Gasteiger partial charge < -0.3 is 10.2 Å². The van der Waals surface area contributed by atoms with Crippen molar-refractivity contribution < 1.29 is 8.42 Å². The van der Waals surface area contributed by atoms with Crippen LogP contribution in [0.2, 0.25) is 0 Å². The van der Waals surface area contributed by atoms with Crippen molar-refractivity contribution in [2.45, 2.75) is 25.3 Å². The summed E-state index contributed by atoms with van der Waals surface area (Å²) in [4.78, 5) is 6.31. The van der Waals surface area contributed by atoms with Gasteiger partial charge in [0.25, 0.3) is 0 Å². The molecule has 21 heavy (non-hydrogen) atoms. The molecule has 1 fully saturated rings. The minimum atomic E-state index is -3.11. The zero-order valence-electron chi connectivity index (χ0n) is 12.6. The van der Waals surface area contributed by atoms with Crippen LogP contribution in [0.25, 0.3) is 0 Å². The molecule has 2 heterocycles. The van der Waals surface area contributed by atoms with E-state index in [1.807, 2.05) is 17.0 Å². The van der Waals surface area contributed by atoms with Crippen LogP contribution in [0.4, 0.5) is 5.82 Å². The van der Waals surface area contributed by atoms with Crippen molar-refractivity contribution in [3.05, 3.63) is 23.9 Å². The fraction of sp³-hybridized carbons (Fsp3) is 0.643. The zero-order chi connectivity index (χ0) is 15.3. The number of hydrogen-bond acceptors (Lipinski definition) is 6. The molecule has 5 nitrogen and oxygen atoms in total. The van der Waals surface area contributed by atoms with E-state index in [9.17, 15) is 8.42 Å². The number of thioether (sulfide) groups is 1. The molecule has 0 aliphatic carbocycles. The van der Waals surface area contributed by atoms with Crippen LogP contribution < -0.4 is 10.2 Å². The van der Waals surface area contributed by atoms with Crippen molar-refractivity contribution in [2.24, 2.45) is 0 Å². The molecule has 118 valence electrons. The number of hydrogen-bond donors (Lipinski definition) is 1. The van der Waals surface area contributed by atoms with Crippen molar-refractivity contribution in [3.8, 4) is 0 Å². The fourth-order valence-corrected chi connectivity index (χ4v) is 5.16. The van der Waals surface area contributed by atoms with Gasteiger partial charge in [-0.15, -0.1) is 0 Å². The summed E-state index contributed by atoms with van der Waals surface area (Å²) in [5, 5.41) is 2.88. The number of nitrogens with one attached hydrogen (secondary N) is 1. The molecule has 1 aliphatic rings. The molecule has 1 aromatic heterocycles. The van der Waals surface area contributed by atoms with Crippen LogP contribution in [0.3, 0.4) is 0 Å². The lowest BCUT2D eigenvalue weighted by molar-refractivity contribution is 0.583. The first-order valence-corrected chi connectivity index (χ1v) is 10.3. The molecular formula is C14H23N3O2S2. The fourth-order valence-electron chi connectivity index (χ4n) is 2.33. The Morgan fingerprint density at radius 1 is 1.52 bits per heavy atom. The molecule has 1 aliphatic heterocycles. The molecule has 2 rings (SSSR count). The number of nitrogens with zero attached hydrogens (tertiary/aromatic N) is 2. The van der Waals surface area contributed by atoms with E-state index < -0.39 is 15.2 Å². The van der Waals surface area contributed by atoms with Gasteiger partial charge in [0.15, 0.2) is 9.84 Å². The predicted molar refractivity (Wildman–Crippen MR) is 89.5 cm³/mol. The Morgan fingerprint density at radius 3 is 3.05 bits per heavy atom. The molecule has 0 radical (unpaired) electrons. The maximum absolute atomic E-state index is 12.0. The molecule has 0 amide bonds. The van der Waals surface area contributed by atoms with Gasteiger partial charge in [0, 0.05) is 37.0 Å². The number of aromatic nitrogens is 1. The third-order valence-electron chi connectivity index (χ3n) is 3.44. The number of sulfone groups is 1. The van der Waals surface area contributed by atoms with E-state index in [0.29, 0.717) is 5.75 Å². The summed E-state index contributed by atoms with van der Waals surface area (Å²) >= 11 is 1.69. The SMILES string of the molecule is CCCNCc1ccnc(N2CCSCC2S(C)(=O)=O)c1. The van der Waals surface area contributed by atoms with E-state index >= 15 is 0 Å². The van der Waals surface area contributed by atoms with Crippen molar-refractivity contribution in [2.75, 3.05) is 35.8 Å². The maximum Gasteiger partial charge on any atom is 0.169 e. The summed E-state index contributed by atoms with van der Waals surface area (Å²) in [5.41, 5.74) is 1.14. The molecule has 0 saturated carbocycles. The molecule has 0 spiro atoms. The van der Waals surface area contributed by atoms with Crippen LogP contribution >= 0.6 is 11.8 Å². The Morgan fingerprint density at radius 2 is 2.33 bits per heavy atom. The van der Waals surface area contributed by atoms with Gasteiger partial charge in [-0.25, -0.2) is 13.4 Å². The monoisotopic (exact) mass is 329 g/mol. The summed E-state index contributed by atoms with van der Waals surface area (Å²) < 4.78 is 23.9. The van der Waals surface area contributed by atoms with Gasteiger partial charge in [-0.05, 0) is 30.7 Å². The smallest absolute Gasteiger partial charge is 0.169 e. The zero-order valence-corrected chi connectivity index (χ0v) is 14.2. The Kier molecular flexibility index (Phi) is 5.89. The van der Waals surface area contributed by atoms with Crippen molar-refractivity contribution in [3.63, 3.8) is 0 Å². The summed E-state index contributed by atoms with van der Waals surface area (Å²) in [7, 11) is -3.11. The Bertz CT molecular complexity index is 563. The maximum atomic E-state index is 12.0.